The average Bonchev–Trinajstić information content (AvgIpc) is 3.13. The van der Waals surface area contributed by atoms with E-state index in [0.717, 1.165) is 52.2 Å². The number of ether oxygens (including phenoxy) is 1. The SMILES string of the molecule is Cc1c(O[C@@H]2CCC[C@H](NCc3ccccc3Cl)C2)ccc2[nH]ncc12. The fourth-order valence-corrected chi connectivity index (χ4v) is 3.98. The van der Waals surface area contributed by atoms with Gasteiger partial charge < -0.3 is 10.1 Å². The molecule has 0 spiro atoms. The summed E-state index contributed by atoms with van der Waals surface area (Å²) in [6, 6.07) is 12.6. The van der Waals surface area contributed by atoms with E-state index < -0.39 is 0 Å². The average molecular weight is 370 g/mol. The molecule has 2 N–H and O–H groups in total. The Labute approximate surface area is 158 Å². The number of nitrogens with zero attached hydrogens (tertiary/aromatic N) is 1. The lowest BCUT2D eigenvalue weighted by molar-refractivity contribution is 0.133. The summed E-state index contributed by atoms with van der Waals surface area (Å²) in [7, 11) is 0. The first-order chi connectivity index (χ1) is 12.7. The predicted molar refractivity (Wildman–Crippen MR) is 106 cm³/mol. The van der Waals surface area contributed by atoms with Gasteiger partial charge in [0, 0.05) is 28.6 Å². The van der Waals surface area contributed by atoms with Gasteiger partial charge in [0.25, 0.3) is 0 Å². The molecular formula is C21H24ClN3O. The maximum absolute atomic E-state index is 6.36. The van der Waals surface area contributed by atoms with E-state index in [2.05, 4.69) is 34.6 Å². The van der Waals surface area contributed by atoms with E-state index in [1.54, 1.807) is 0 Å². The Hall–Kier alpha value is -2.04. The lowest BCUT2D eigenvalue weighted by atomic mass is 9.92. The van der Waals surface area contributed by atoms with Crippen molar-refractivity contribution in [2.45, 2.75) is 51.3 Å². The molecule has 26 heavy (non-hydrogen) atoms. The number of aromatic amines is 1. The van der Waals surface area contributed by atoms with Gasteiger partial charge >= 0.3 is 0 Å². The van der Waals surface area contributed by atoms with Crippen LogP contribution in [0.1, 0.15) is 36.8 Å². The van der Waals surface area contributed by atoms with Crippen LogP contribution in [-0.2, 0) is 6.54 Å². The van der Waals surface area contributed by atoms with Crippen molar-refractivity contribution in [3.8, 4) is 5.75 Å². The molecule has 0 amide bonds. The number of nitrogens with one attached hydrogen (secondary N) is 2. The smallest absolute Gasteiger partial charge is 0.123 e. The topological polar surface area (TPSA) is 49.9 Å². The number of hydrogen-bond donors (Lipinski definition) is 2. The summed E-state index contributed by atoms with van der Waals surface area (Å²) < 4.78 is 6.36. The quantitative estimate of drug-likeness (QED) is 0.665. The molecule has 1 aliphatic carbocycles. The highest BCUT2D eigenvalue weighted by molar-refractivity contribution is 6.31. The third-order valence-electron chi connectivity index (χ3n) is 5.30. The highest BCUT2D eigenvalue weighted by atomic mass is 35.5. The molecule has 1 heterocycles. The van der Waals surface area contributed by atoms with Crippen LogP contribution in [0.5, 0.6) is 5.75 Å². The van der Waals surface area contributed by atoms with E-state index in [0.29, 0.717) is 6.04 Å². The molecule has 4 nitrogen and oxygen atoms in total. The summed E-state index contributed by atoms with van der Waals surface area (Å²) in [6.07, 6.45) is 6.60. The number of H-pyrrole nitrogens is 1. The van der Waals surface area contributed by atoms with Crippen LogP contribution in [0.2, 0.25) is 5.02 Å². The van der Waals surface area contributed by atoms with Crippen LogP contribution in [0.3, 0.4) is 0 Å². The van der Waals surface area contributed by atoms with Crippen molar-refractivity contribution >= 4 is 22.5 Å². The van der Waals surface area contributed by atoms with Gasteiger partial charge in [-0.3, -0.25) is 5.10 Å². The van der Waals surface area contributed by atoms with Gasteiger partial charge in [-0.05, 0) is 56.4 Å². The number of rotatable bonds is 5. The molecule has 0 bridgehead atoms. The molecule has 2 atom stereocenters. The van der Waals surface area contributed by atoms with Crippen LogP contribution in [-0.4, -0.2) is 22.3 Å². The molecule has 0 unspecified atom stereocenters. The van der Waals surface area contributed by atoms with Gasteiger partial charge in [0.1, 0.15) is 11.9 Å². The van der Waals surface area contributed by atoms with Crippen LogP contribution < -0.4 is 10.1 Å². The van der Waals surface area contributed by atoms with E-state index >= 15 is 0 Å². The maximum atomic E-state index is 6.36. The van der Waals surface area contributed by atoms with Crippen LogP contribution in [0.15, 0.2) is 42.6 Å². The summed E-state index contributed by atoms with van der Waals surface area (Å²) in [5.41, 5.74) is 3.36. The highest BCUT2D eigenvalue weighted by Crippen LogP contribution is 2.30. The van der Waals surface area contributed by atoms with Gasteiger partial charge in [-0.2, -0.15) is 5.10 Å². The number of aromatic nitrogens is 2. The standard InChI is InChI=1S/C21H24ClN3O/c1-14-18-13-24-25-20(18)9-10-21(14)26-17-7-4-6-16(11-17)23-12-15-5-2-3-8-19(15)22/h2-3,5,8-10,13,16-17,23H,4,6-7,11-12H2,1H3,(H,24,25)/t16-,17+/m0/s1. The predicted octanol–water partition coefficient (Wildman–Crippen LogP) is 5.00. The first-order valence-corrected chi connectivity index (χ1v) is 9.64. The van der Waals surface area contributed by atoms with Crippen LogP contribution in [0, 0.1) is 6.92 Å². The van der Waals surface area contributed by atoms with E-state index in [1.165, 1.54) is 12.8 Å². The Kier molecular flexibility index (Phi) is 5.14. The molecule has 136 valence electrons. The lowest BCUT2D eigenvalue weighted by Crippen LogP contribution is -2.37. The van der Waals surface area contributed by atoms with Gasteiger partial charge in [-0.25, -0.2) is 0 Å². The van der Waals surface area contributed by atoms with Crippen molar-refractivity contribution in [2.75, 3.05) is 0 Å². The minimum absolute atomic E-state index is 0.246. The zero-order valence-electron chi connectivity index (χ0n) is 15.0. The molecule has 0 saturated heterocycles. The fraction of sp³-hybridized carbons (Fsp3) is 0.381. The molecule has 3 aromatic rings. The van der Waals surface area contributed by atoms with Crippen LogP contribution >= 0.6 is 11.6 Å². The molecule has 0 radical (unpaired) electrons. The Morgan fingerprint density at radius 3 is 3.00 bits per heavy atom. The molecule has 1 fully saturated rings. The minimum atomic E-state index is 0.246. The van der Waals surface area contributed by atoms with Gasteiger partial charge in [0.05, 0.1) is 11.7 Å². The molecular weight excluding hydrogens is 346 g/mol. The van der Waals surface area contributed by atoms with Gasteiger partial charge in [-0.1, -0.05) is 29.8 Å². The van der Waals surface area contributed by atoms with Crippen molar-refractivity contribution < 1.29 is 4.74 Å². The zero-order chi connectivity index (χ0) is 17.9. The second-order valence-corrected chi connectivity index (χ2v) is 7.50. The van der Waals surface area contributed by atoms with Crippen LogP contribution in [0.25, 0.3) is 10.9 Å². The number of aryl methyl sites for hydroxylation is 1. The lowest BCUT2D eigenvalue weighted by Gasteiger charge is -2.31. The Balaban J connectivity index is 1.38. The van der Waals surface area contributed by atoms with E-state index in [9.17, 15) is 0 Å². The summed E-state index contributed by atoms with van der Waals surface area (Å²) in [5.74, 6) is 0.968. The van der Waals surface area contributed by atoms with Gasteiger partial charge in [0.2, 0.25) is 0 Å². The molecule has 1 saturated carbocycles. The fourth-order valence-electron chi connectivity index (χ4n) is 3.78. The normalized spacial score (nSPS) is 20.4. The monoisotopic (exact) mass is 369 g/mol. The number of benzene rings is 2. The molecule has 1 aromatic heterocycles. The Morgan fingerprint density at radius 1 is 1.23 bits per heavy atom. The van der Waals surface area contributed by atoms with Crippen LogP contribution in [0.4, 0.5) is 0 Å². The highest BCUT2D eigenvalue weighted by Gasteiger charge is 2.24. The number of fused-ring (bicyclic) bond motifs is 1. The number of hydrogen-bond acceptors (Lipinski definition) is 3. The van der Waals surface area contributed by atoms with Crippen molar-refractivity contribution in [1.29, 1.82) is 0 Å². The Morgan fingerprint density at radius 2 is 2.12 bits per heavy atom. The van der Waals surface area contributed by atoms with Gasteiger partial charge in [0.15, 0.2) is 0 Å². The van der Waals surface area contributed by atoms with Crippen molar-refractivity contribution in [3.63, 3.8) is 0 Å². The molecule has 4 rings (SSSR count). The van der Waals surface area contributed by atoms with E-state index in [1.807, 2.05) is 30.5 Å². The van der Waals surface area contributed by atoms with Crippen molar-refractivity contribution in [2.24, 2.45) is 0 Å². The summed E-state index contributed by atoms with van der Waals surface area (Å²) in [5, 5.41) is 12.7. The largest absolute Gasteiger partial charge is 0.490 e. The minimum Gasteiger partial charge on any atom is -0.490 e. The summed E-state index contributed by atoms with van der Waals surface area (Å²) in [6.45, 7) is 2.90. The Bertz CT molecular complexity index is 892. The molecule has 2 aromatic carbocycles. The maximum Gasteiger partial charge on any atom is 0.123 e. The van der Waals surface area contributed by atoms with E-state index in [4.69, 9.17) is 16.3 Å². The van der Waals surface area contributed by atoms with Gasteiger partial charge in [-0.15, -0.1) is 0 Å². The molecule has 5 heteroatoms. The van der Waals surface area contributed by atoms with Crippen molar-refractivity contribution in [3.05, 3.63) is 58.7 Å². The first-order valence-electron chi connectivity index (χ1n) is 9.27. The van der Waals surface area contributed by atoms with E-state index in [-0.39, 0.29) is 6.10 Å². The second-order valence-electron chi connectivity index (χ2n) is 7.10. The summed E-state index contributed by atoms with van der Waals surface area (Å²) in [4.78, 5) is 0. The molecule has 0 aliphatic heterocycles. The van der Waals surface area contributed by atoms with Crippen molar-refractivity contribution in [1.82, 2.24) is 15.5 Å². The third-order valence-corrected chi connectivity index (χ3v) is 5.67. The first kappa shape index (κ1) is 17.4. The molecule has 1 aliphatic rings. The summed E-state index contributed by atoms with van der Waals surface area (Å²) >= 11 is 6.26. The zero-order valence-corrected chi connectivity index (χ0v) is 15.7. The second kappa shape index (κ2) is 7.68. The third kappa shape index (κ3) is 3.71. The number of halogens is 1.